The van der Waals surface area contributed by atoms with Crippen LogP contribution in [0.2, 0.25) is 0 Å². The fraction of sp³-hybridized carbons (Fsp3) is 0.688. The maximum atomic E-state index is 5.55. The Labute approximate surface area is 122 Å². The number of ether oxygens (including phenoxy) is 1. The lowest BCUT2D eigenvalue weighted by molar-refractivity contribution is 0.0576. The van der Waals surface area contributed by atoms with Gasteiger partial charge >= 0.3 is 0 Å². The number of aromatic nitrogens is 1. The van der Waals surface area contributed by atoms with Gasteiger partial charge in [0.05, 0.1) is 12.3 Å². The van der Waals surface area contributed by atoms with Crippen LogP contribution in [0.15, 0.2) is 18.2 Å². The summed E-state index contributed by atoms with van der Waals surface area (Å²) in [6.45, 7) is 7.96. The minimum atomic E-state index is 0.484. The largest absolute Gasteiger partial charge is 0.381 e. The topological polar surface area (TPSA) is 37.4 Å². The smallest absolute Gasteiger partial charge is 0.128 e. The van der Waals surface area contributed by atoms with E-state index < -0.39 is 0 Å². The van der Waals surface area contributed by atoms with Crippen LogP contribution < -0.4 is 10.2 Å². The summed E-state index contributed by atoms with van der Waals surface area (Å²) in [7, 11) is 2.12. The molecule has 1 aliphatic heterocycles. The van der Waals surface area contributed by atoms with Gasteiger partial charge in [-0.15, -0.1) is 0 Å². The molecule has 0 radical (unpaired) electrons. The molecular weight excluding hydrogens is 250 g/mol. The van der Waals surface area contributed by atoms with Gasteiger partial charge in [-0.3, -0.25) is 0 Å². The second-order valence-electron chi connectivity index (χ2n) is 5.99. The molecule has 1 N–H and O–H groups in total. The molecule has 1 unspecified atom stereocenters. The molecule has 112 valence electrons. The summed E-state index contributed by atoms with van der Waals surface area (Å²) in [6.07, 6.45) is 2.45. The first-order chi connectivity index (χ1) is 9.65. The van der Waals surface area contributed by atoms with Gasteiger partial charge < -0.3 is 15.0 Å². The summed E-state index contributed by atoms with van der Waals surface area (Å²) in [5.41, 5.74) is 1.10. The van der Waals surface area contributed by atoms with Crippen LogP contribution in [0.4, 0.5) is 5.82 Å². The van der Waals surface area contributed by atoms with Crippen molar-refractivity contribution in [3.63, 3.8) is 0 Å². The van der Waals surface area contributed by atoms with Crippen LogP contribution in [0, 0.1) is 5.92 Å². The maximum Gasteiger partial charge on any atom is 0.128 e. The Kier molecular flexibility index (Phi) is 5.80. The summed E-state index contributed by atoms with van der Waals surface area (Å²) in [5.74, 6) is 1.69. The molecule has 4 nitrogen and oxygen atoms in total. The van der Waals surface area contributed by atoms with Crippen molar-refractivity contribution in [3.8, 4) is 0 Å². The Hall–Kier alpha value is -1.13. The molecule has 1 aromatic rings. The first-order valence-corrected chi connectivity index (χ1v) is 7.63. The van der Waals surface area contributed by atoms with Gasteiger partial charge in [0.1, 0.15) is 5.82 Å². The van der Waals surface area contributed by atoms with E-state index in [9.17, 15) is 0 Å². The first-order valence-electron chi connectivity index (χ1n) is 7.63. The molecule has 0 bridgehead atoms. The molecule has 1 atom stereocenters. The van der Waals surface area contributed by atoms with Crippen LogP contribution in [-0.4, -0.2) is 37.8 Å². The van der Waals surface area contributed by atoms with E-state index in [-0.39, 0.29) is 0 Å². The highest BCUT2D eigenvalue weighted by molar-refractivity contribution is 5.38. The van der Waals surface area contributed by atoms with Crippen LogP contribution >= 0.6 is 0 Å². The van der Waals surface area contributed by atoms with Gasteiger partial charge in [0.2, 0.25) is 0 Å². The van der Waals surface area contributed by atoms with E-state index in [1.165, 1.54) is 12.8 Å². The van der Waals surface area contributed by atoms with Crippen LogP contribution in [0.25, 0.3) is 0 Å². The summed E-state index contributed by atoms with van der Waals surface area (Å²) < 4.78 is 5.55. The van der Waals surface area contributed by atoms with Crippen molar-refractivity contribution >= 4 is 5.82 Å². The molecule has 1 saturated heterocycles. The monoisotopic (exact) mass is 277 g/mol. The first kappa shape index (κ1) is 15.3. The van der Waals surface area contributed by atoms with Crippen molar-refractivity contribution < 1.29 is 4.74 Å². The molecule has 2 rings (SSSR count). The highest BCUT2D eigenvalue weighted by Gasteiger charge is 2.16. The second kappa shape index (κ2) is 7.60. The molecule has 2 heterocycles. The third-order valence-electron chi connectivity index (χ3n) is 3.66. The third-order valence-corrected chi connectivity index (χ3v) is 3.66. The minimum absolute atomic E-state index is 0.484. The zero-order valence-electron chi connectivity index (χ0n) is 12.9. The van der Waals surface area contributed by atoms with Gasteiger partial charge in [0.25, 0.3) is 0 Å². The number of pyridine rings is 1. The van der Waals surface area contributed by atoms with E-state index in [0.717, 1.165) is 37.8 Å². The SMILES string of the molecule is CC(C)NCc1cccc(N(C)CC2CCCOC2)n1. The van der Waals surface area contributed by atoms with Gasteiger partial charge in [0.15, 0.2) is 0 Å². The summed E-state index contributed by atoms with van der Waals surface area (Å²) >= 11 is 0. The molecule has 1 aromatic heterocycles. The fourth-order valence-corrected chi connectivity index (χ4v) is 2.52. The molecular formula is C16H27N3O. The summed E-state index contributed by atoms with van der Waals surface area (Å²) in [4.78, 5) is 6.98. The Morgan fingerprint density at radius 1 is 1.45 bits per heavy atom. The predicted octanol–water partition coefficient (Wildman–Crippen LogP) is 2.44. The average molecular weight is 277 g/mol. The van der Waals surface area contributed by atoms with Crippen LogP contribution in [-0.2, 0) is 11.3 Å². The van der Waals surface area contributed by atoms with E-state index in [2.05, 4.69) is 49.3 Å². The Bertz CT molecular complexity index is 402. The number of hydrogen-bond donors (Lipinski definition) is 1. The van der Waals surface area contributed by atoms with Gasteiger partial charge in [-0.2, -0.15) is 0 Å². The van der Waals surface area contributed by atoms with Crippen molar-refractivity contribution in [3.05, 3.63) is 23.9 Å². The minimum Gasteiger partial charge on any atom is -0.381 e. The number of nitrogens with zero attached hydrogens (tertiary/aromatic N) is 2. The van der Waals surface area contributed by atoms with Crippen LogP contribution in [0.5, 0.6) is 0 Å². The normalized spacial score (nSPS) is 19.3. The number of anilines is 1. The highest BCUT2D eigenvalue weighted by Crippen LogP contribution is 2.18. The van der Waals surface area contributed by atoms with Gasteiger partial charge in [-0.05, 0) is 30.9 Å². The zero-order chi connectivity index (χ0) is 14.4. The Morgan fingerprint density at radius 2 is 2.30 bits per heavy atom. The van der Waals surface area contributed by atoms with E-state index >= 15 is 0 Å². The molecule has 1 aliphatic rings. The van der Waals surface area contributed by atoms with E-state index in [1.54, 1.807) is 0 Å². The predicted molar refractivity (Wildman–Crippen MR) is 83.0 cm³/mol. The standard InChI is InChI=1S/C16H27N3O/c1-13(2)17-10-15-7-4-8-16(18-15)19(3)11-14-6-5-9-20-12-14/h4,7-8,13-14,17H,5-6,9-12H2,1-3H3. The third kappa shape index (κ3) is 4.76. The molecule has 4 heteroatoms. The molecule has 0 spiro atoms. The molecule has 0 saturated carbocycles. The Morgan fingerprint density at radius 3 is 3.00 bits per heavy atom. The number of hydrogen-bond acceptors (Lipinski definition) is 4. The van der Waals surface area contributed by atoms with E-state index in [0.29, 0.717) is 12.0 Å². The lowest BCUT2D eigenvalue weighted by Crippen LogP contribution is -2.31. The second-order valence-corrected chi connectivity index (χ2v) is 5.99. The molecule has 0 aliphatic carbocycles. The van der Waals surface area contributed by atoms with Crippen LogP contribution in [0.3, 0.4) is 0 Å². The van der Waals surface area contributed by atoms with Gasteiger partial charge in [0, 0.05) is 32.8 Å². The summed E-state index contributed by atoms with van der Waals surface area (Å²) in [6, 6.07) is 6.74. The van der Waals surface area contributed by atoms with Crippen LogP contribution in [0.1, 0.15) is 32.4 Å². The van der Waals surface area contributed by atoms with Gasteiger partial charge in [-0.1, -0.05) is 19.9 Å². The molecule has 0 aromatic carbocycles. The fourth-order valence-electron chi connectivity index (χ4n) is 2.52. The van der Waals surface area contributed by atoms with E-state index in [4.69, 9.17) is 9.72 Å². The Balaban J connectivity index is 1.91. The highest BCUT2D eigenvalue weighted by atomic mass is 16.5. The van der Waals surface area contributed by atoms with Crippen molar-refractivity contribution in [1.82, 2.24) is 10.3 Å². The zero-order valence-corrected chi connectivity index (χ0v) is 12.9. The lowest BCUT2D eigenvalue weighted by atomic mass is 10.0. The maximum absolute atomic E-state index is 5.55. The molecule has 1 fully saturated rings. The van der Waals surface area contributed by atoms with Crippen molar-refractivity contribution in [1.29, 1.82) is 0 Å². The quantitative estimate of drug-likeness (QED) is 0.866. The van der Waals surface area contributed by atoms with E-state index in [1.807, 2.05) is 0 Å². The number of nitrogens with one attached hydrogen (secondary N) is 1. The van der Waals surface area contributed by atoms with Crippen molar-refractivity contribution in [2.24, 2.45) is 5.92 Å². The van der Waals surface area contributed by atoms with Crippen molar-refractivity contribution in [2.45, 2.75) is 39.3 Å². The number of rotatable bonds is 6. The average Bonchev–Trinajstić information content (AvgIpc) is 2.46. The van der Waals surface area contributed by atoms with Crippen molar-refractivity contribution in [2.75, 3.05) is 31.7 Å². The van der Waals surface area contributed by atoms with Gasteiger partial charge in [-0.25, -0.2) is 4.98 Å². The lowest BCUT2D eigenvalue weighted by Gasteiger charge is -2.28. The summed E-state index contributed by atoms with van der Waals surface area (Å²) in [5, 5.41) is 3.41. The molecule has 0 amide bonds. The molecule has 20 heavy (non-hydrogen) atoms.